The van der Waals surface area contributed by atoms with Gasteiger partial charge in [0, 0.05) is 25.9 Å². The minimum atomic E-state index is -5.34. The SMILES string of the molecule is Cc1ccc(NC(=O)c2c(F)cc(N(C)C(=O)C(F)(F)F)cc2OCCCNC(=O)C(F)(F)F)c(C(=O)Nc2ccc(Cl)cn2)c1. The molecule has 0 fully saturated rings. The zero-order chi connectivity index (χ0) is 34.4. The van der Waals surface area contributed by atoms with Gasteiger partial charge in [0.1, 0.15) is 22.9 Å². The highest BCUT2D eigenvalue weighted by molar-refractivity contribution is 6.30. The number of halogens is 8. The van der Waals surface area contributed by atoms with Crippen LogP contribution < -0.4 is 25.6 Å². The summed E-state index contributed by atoms with van der Waals surface area (Å²) in [5, 5.41) is 6.70. The van der Waals surface area contributed by atoms with E-state index in [4.69, 9.17) is 16.3 Å². The van der Waals surface area contributed by atoms with Crippen LogP contribution in [0.15, 0.2) is 48.7 Å². The number of aryl methyl sites for hydroxylation is 1. The number of hydrogen-bond donors (Lipinski definition) is 3. The summed E-state index contributed by atoms with van der Waals surface area (Å²) in [5.41, 5.74) is -1.19. The summed E-state index contributed by atoms with van der Waals surface area (Å²) in [4.78, 5) is 53.1. The highest BCUT2D eigenvalue weighted by Gasteiger charge is 2.42. The average molecular weight is 678 g/mol. The van der Waals surface area contributed by atoms with Gasteiger partial charge in [-0.05, 0) is 43.7 Å². The Balaban J connectivity index is 1.92. The quantitative estimate of drug-likeness (QED) is 0.188. The number of alkyl halides is 6. The molecule has 18 heteroatoms. The van der Waals surface area contributed by atoms with Crippen LogP contribution in [0.4, 0.5) is 47.9 Å². The summed E-state index contributed by atoms with van der Waals surface area (Å²) in [6.07, 6.45) is -9.54. The molecule has 0 saturated heterocycles. The summed E-state index contributed by atoms with van der Waals surface area (Å²) in [7, 11) is 0.688. The Kier molecular flexibility index (Phi) is 11.2. The van der Waals surface area contributed by atoms with E-state index in [1.807, 2.05) is 0 Å². The van der Waals surface area contributed by atoms with E-state index in [-0.39, 0.29) is 28.4 Å². The Morgan fingerprint density at radius 1 is 0.935 bits per heavy atom. The van der Waals surface area contributed by atoms with Crippen molar-refractivity contribution >= 4 is 52.4 Å². The Hall–Kier alpha value is -4.93. The third-order valence-electron chi connectivity index (χ3n) is 5.96. The molecular formula is C28H23ClF7N5O5. The van der Waals surface area contributed by atoms with Gasteiger partial charge in [0.05, 0.1) is 28.6 Å². The Bertz CT molecular complexity index is 1630. The van der Waals surface area contributed by atoms with Crippen LogP contribution in [0.1, 0.15) is 32.7 Å². The smallest absolute Gasteiger partial charge is 0.471 e. The molecule has 4 amide bonds. The van der Waals surface area contributed by atoms with E-state index in [1.54, 1.807) is 12.2 Å². The molecule has 0 saturated carbocycles. The number of ether oxygens (including phenoxy) is 1. The van der Waals surface area contributed by atoms with Crippen LogP contribution in [0, 0.1) is 12.7 Å². The number of aromatic nitrogens is 1. The Morgan fingerprint density at radius 3 is 2.24 bits per heavy atom. The second kappa shape index (κ2) is 14.4. The second-order valence-electron chi connectivity index (χ2n) is 9.44. The van der Waals surface area contributed by atoms with Gasteiger partial charge in [0.15, 0.2) is 0 Å². The third-order valence-corrected chi connectivity index (χ3v) is 6.18. The summed E-state index contributed by atoms with van der Waals surface area (Å²) < 4.78 is 97.0. The number of carbonyl (C=O) groups excluding carboxylic acids is 4. The first-order valence-corrected chi connectivity index (χ1v) is 13.3. The van der Waals surface area contributed by atoms with E-state index in [1.165, 1.54) is 36.5 Å². The first-order chi connectivity index (χ1) is 21.4. The van der Waals surface area contributed by atoms with Gasteiger partial charge in [-0.15, -0.1) is 0 Å². The van der Waals surface area contributed by atoms with Crippen LogP contribution in [-0.2, 0) is 9.59 Å². The molecule has 246 valence electrons. The van der Waals surface area contributed by atoms with Crippen molar-refractivity contribution in [3.63, 3.8) is 0 Å². The molecular weight excluding hydrogens is 655 g/mol. The van der Waals surface area contributed by atoms with E-state index in [9.17, 15) is 45.5 Å². The number of hydrogen-bond acceptors (Lipinski definition) is 6. The van der Waals surface area contributed by atoms with Gasteiger partial charge in [-0.1, -0.05) is 23.2 Å². The van der Waals surface area contributed by atoms with Gasteiger partial charge in [0.25, 0.3) is 11.8 Å². The minimum Gasteiger partial charge on any atom is -0.492 e. The molecule has 0 radical (unpaired) electrons. The molecule has 1 aromatic heterocycles. The molecule has 0 aliphatic carbocycles. The molecule has 10 nitrogen and oxygen atoms in total. The fraction of sp³-hybridized carbons (Fsp3) is 0.250. The molecule has 0 atom stereocenters. The first kappa shape index (κ1) is 35.5. The minimum absolute atomic E-state index is 0.0500. The maximum atomic E-state index is 15.4. The third kappa shape index (κ3) is 9.29. The maximum absolute atomic E-state index is 15.4. The number of nitrogens with one attached hydrogen (secondary N) is 3. The molecule has 3 N–H and O–H groups in total. The lowest BCUT2D eigenvalue weighted by molar-refractivity contribution is -0.173. The van der Waals surface area contributed by atoms with Crippen molar-refractivity contribution in [3.8, 4) is 5.75 Å². The predicted molar refractivity (Wildman–Crippen MR) is 151 cm³/mol. The molecule has 2 aromatic carbocycles. The van der Waals surface area contributed by atoms with Crippen molar-refractivity contribution in [1.29, 1.82) is 0 Å². The number of pyridine rings is 1. The van der Waals surface area contributed by atoms with Crippen molar-refractivity contribution in [1.82, 2.24) is 10.3 Å². The second-order valence-corrected chi connectivity index (χ2v) is 9.87. The van der Waals surface area contributed by atoms with E-state index in [2.05, 4.69) is 15.6 Å². The maximum Gasteiger partial charge on any atom is 0.471 e. The molecule has 0 spiro atoms. The zero-order valence-electron chi connectivity index (χ0n) is 23.7. The van der Waals surface area contributed by atoms with Crippen molar-refractivity contribution in [3.05, 3.63) is 76.2 Å². The average Bonchev–Trinajstić information content (AvgIpc) is 2.96. The van der Waals surface area contributed by atoms with E-state index in [0.717, 1.165) is 6.07 Å². The van der Waals surface area contributed by atoms with Crippen molar-refractivity contribution in [2.24, 2.45) is 0 Å². The number of carbonyl (C=O) groups is 4. The predicted octanol–water partition coefficient (Wildman–Crippen LogP) is 5.66. The van der Waals surface area contributed by atoms with Crippen LogP contribution in [0.3, 0.4) is 0 Å². The summed E-state index contributed by atoms with van der Waals surface area (Å²) in [6, 6.07) is 8.30. The number of amides is 4. The standard InChI is InChI=1S/C28H23ClF7N5O5/c1-14-4-6-19(17(10-14)23(42)40-21-7-5-15(29)13-38-21)39-24(43)22-18(30)11-16(41(2)26(45)28(34,35)36)12-20(22)46-9-3-8-37-25(44)27(31,32)33/h4-7,10-13H,3,8-9H2,1-2H3,(H,37,44)(H,39,43)(H,38,40,42). The van der Waals surface area contributed by atoms with Crippen LogP contribution in [0.5, 0.6) is 5.75 Å². The normalized spacial score (nSPS) is 11.4. The van der Waals surface area contributed by atoms with E-state index < -0.39 is 72.0 Å². The molecule has 0 bridgehead atoms. The number of anilines is 3. The van der Waals surface area contributed by atoms with Crippen molar-refractivity contribution in [2.75, 3.05) is 35.7 Å². The highest BCUT2D eigenvalue weighted by Crippen LogP contribution is 2.32. The number of rotatable bonds is 10. The fourth-order valence-electron chi connectivity index (χ4n) is 3.73. The topological polar surface area (TPSA) is 130 Å². The fourth-order valence-corrected chi connectivity index (χ4v) is 3.84. The zero-order valence-corrected chi connectivity index (χ0v) is 24.5. The lowest BCUT2D eigenvalue weighted by atomic mass is 10.1. The van der Waals surface area contributed by atoms with Gasteiger partial charge >= 0.3 is 24.2 Å². The Morgan fingerprint density at radius 2 is 1.63 bits per heavy atom. The molecule has 3 rings (SSSR count). The van der Waals surface area contributed by atoms with Gasteiger partial charge < -0.3 is 25.6 Å². The van der Waals surface area contributed by atoms with Crippen LogP contribution >= 0.6 is 11.6 Å². The molecule has 0 unspecified atom stereocenters. The molecule has 0 aliphatic heterocycles. The lowest BCUT2D eigenvalue weighted by Gasteiger charge is -2.21. The largest absolute Gasteiger partial charge is 0.492 e. The summed E-state index contributed by atoms with van der Waals surface area (Å²) >= 11 is 5.80. The van der Waals surface area contributed by atoms with E-state index in [0.29, 0.717) is 23.7 Å². The molecule has 3 aromatic rings. The van der Waals surface area contributed by atoms with Crippen LogP contribution in [-0.4, -0.2) is 61.2 Å². The molecule has 0 aliphatic rings. The molecule has 1 heterocycles. The van der Waals surface area contributed by atoms with Crippen LogP contribution in [0.25, 0.3) is 0 Å². The number of benzene rings is 2. The van der Waals surface area contributed by atoms with Gasteiger partial charge in [-0.25, -0.2) is 9.37 Å². The Labute approximate surface area is 260 Å². The van der Waals surface area contributed by atoms with E-state index >= 15 is 4.39 Å². The van der Waals surface area contributed by atoms with Gasteiger partial charge in [-0.2, -0.15) is 26.3 Å². The van der Waals surface area contributed by atoms with Gasteiger partial charge in [0.2, 0.25) is 0 Å². The first-order valence-electron chi connectivity index (χ1n) is 12.9. The van der Waals surface area contributed by atoms with Gasteiger partial charge in [-0.3, -0.25) is 19.2 Å². The monoisotopic (exact) mass is 677 g/mol. The molecule has 46 heavy (non-hydrogen) atoms. The lowest BCUT2D eigenvalue weighted by Crippen LogP contribution is -2.38. The summed E-state index contributed by atoms with van der Waals surface area (Å²) in [5.74, 6) is -8.63. The highest BCUT2D eigenvalue weighted by atomic mass is 35.5. The van der Waals surface area contributed by atoms with Crippen LogP contribution in [0.2, 0.25) is 5.02 Å². The van der Waals surface area contributed by atoms with Crippen molar-refractivity contribution < 1.29 is 54.6 Å². The number of nitrogens with zero attached hydrogens (tertiary/aromatic N) is 2. The van der Waals surface area contributed by atoms with Crippen molar-refractivity contribution in [2.45, 2.75) is 25.7 Å². The summed E-state index contributed by atoms with van der Waals surface area (Å²) in [6.45, 7) is 0.520.